The van der Waals surface area contributed by atoms with Crippen LogP contribution in [0.3, 0.4) is 0 Å². The van der Waals surface area contributed by atoms with Gasteiger partial charge in [-0.25, -0.2) is 4.79 Å². The number of hydrogen-bond donors (Lipinski definition) is 1. The maximum atomic E-state index is 11.5. The predicted octanol–water partition coefficient (Wildman–Crippen LogP) is 1.26. The summed E-state index contributed by atoms with van der Waals surface area (Å²) >= 11 is 0. The molecule has 1 heterocycles. The zero-order valence-corrected chi connectivity index (χ0v) is 13.0. The highest BCUT2D eigenvalue weighted by atomic mass is 16.8. The molecule has 122 valence electrons. The van der Waals surface area contributed by atoms with Crippen LogP contribution in [0, 0.1) is 0 Å². The van der Waals surface area contributed by atoms with Gasteiger partial charge in [-0.3, -0.25) is 0 Å². The summed E-state index contributed by atoms with van der Waals surface area (Å²) in [6.45, 7) is 4.07. The van der Waals surface area contributed by atoms with E-state index in [2.05, 4.69) is 4.74 Å². The number of rotatable bonds is 6. The minimum atomic E-state index is -1.41. The Balaban J connectivity index is 1.93. The van der Waals surface area contributed by atoms with Crippen LogP contribution in [0.2, 0.25) is 0 Å². The number of ether oxygens (including phenoxy) is 4. The summed E-state index contributed by atoms with van der Waals surface area (Å²) < 4.78 is 21.5. The van der Waals surface area contributed by atoms with Crippen LogP contribution in [-0.2, 0) is 30.3 Å². The molecule has 3 atom stereocenters. The molecule has 1 saturated heterocycles. The Bertz CT molecular complexity index is 487. The summed E-state index contributed by atoms with van der Waals surface area (Å²) in [6, 6.07) is 9.71. The summed E-state index contributed by atoms with van der Waals surface area (Å²) in [5.41, 5.74) is 1.03. The van der Waals surface area contributed by atoms with E-state index in [9.17, 15) is 9.90 Å². The van der Waals surface area contributed by atoms with Crippen LogP contribution >= 0.6 is 0 Å². The molecule has 0 saturated carbocycles. The average Bonchev–Trinajstić information content (AvgIpc) is 2.81. The maximum absolute atomic E-state index is 11.5. The minimum Gasteiger partial charge on any atom is -0.467 e. The first-order chi connectivity index (χ1) is 10.4. The van der Waals surface area contributed by atoms with Crippen molar-refractivity contribution in [3.63, 3.8) is 0 Å². The molecule has 0 bridgehead atoms. The quantitative estimate of drug-likeness (QED) is 0.797. The van der Waals surface area contributed by atoms with Gasteiger partial charge in [0.05, 0.1) is 20.3 Å². The second-order valence-corrected chi connectivity index (χ2v) is 5.61. The van der Waals surface area contributed by atoms with E-state index in [1.54, 1.807) is 13.8 Å². The van der Waals surface area contributed by atoms with Crippen molar-refractivity contribution in [2.75, 3.05) is 13.7 Å². The highest BCUT2D eigenvalue weighted by molar-refractivity contribution is 5.75. The van der Waals surface area contributed by atoms with Crippen LogP contribution in [0.5, 0.6) is 0 Å². The molecule has 0 unspecified atom stereocenters. The second kappa shape index (κ2) is 7.19. The molecular weight excluding hydrogens is 288 g/mol. The van der Waals surface area contributed by atoms with Gasteiger partial charge in [-0.05, 0) is 19.4 Å². The summed E-state index contributed by atoms with van der Waals surface area (Å²) in [7, 11) is 1.22. The molecule has 22 heavy (non-hydrogen) atoms. The number of aliphatic hydroxyl groups excluding tert-OH is 1. The third-order valence-electron chi connectivity index (χ3n) is 3.37. The Morgan fingerprint density at radius 2 is 2.00 bits per heavy atom. The molecule has 0 radical (unpaired) electrons. The van der Waals surface area contributed by atoms with Gasteiger partial charge in [0.1, 0.15) is 12.2 Å². The molecule has 1 aromatic rings. The van der Waals surface area contributed by atoms with Crippen molar-refractivity contribution in [3.8, 4) is 0 Å². The van der Waals surface area contributed by atoms with E-state index in [0.29, 0.717) is 6.61 Å². The average molecular weight is 310 g/mol. The lowest BCUT2D eigenvalue weighted by molar-refractivity contribution is -0.171. The van der Waals surface area contributed by atoms with E-state index >= 15 is 0 Å². The number of benzene rings is 1. The van der Waals surface area contributed by atoms with Crippen LogP contribution < -0.4 is 0 Å². The number of aliphatic hydroxyl groups is 1. The lowest BCUT2D eigenvalue weighted by Gasteiger charge is -2.20. The Morgan fingerprint density at radius 1 is 1.32 bits per heavy atom. The molecule has 0 amide bonds. The smallest absolute Gasteiger partial charge is 0.337 e. The van der Waals surface area contributed by atoms with Crippen LogP contribution in [0.4, 0.5) is 0 Å². The molecule has 6 nitrogen and oxygen atoms in total. The Kier molecular flexibility index (Phi) is 5.52. The van der Waals surface area contributed by atoms with E-state index in [1.165, 1.54) is 7.11 Å². The Morgan fingerprint density at radius 3 is 2.64 bits per heavy atom. The van der Waals surface area contributed by atoms with Crippen molar-refractivity contribution in [1.29, 1.82) is 0 Å². The fourth-order valence-corrected chi connectivity index (χ4v) is 2.38. The van der Waals surface area contributed by atoms with Gasteiger partial charge in [0.15, 0.2) is 11.9 Å². The van der Waals surface area contributed by atoms with E-state index in [-0.39, 0.29) is 6.61 Å². The van der Waals surface area contributed by atoms with Crippen molar-refractivity contribution in [1.82, 2.24) is 0 Å². The zero-order valence-electron chi connectivity index (χ0n) is 13.0. The predicted molar refractivity (Wildman–Crippen MR) is 77.9 cm³/mol. The first-order valence-corrected chi connectivity index (χ1v) is 7.16. The standard InChI is InChI=1S/C16H22O6/c1-16(2)21-12(14(22-16)13(17)15(18)19-3)10-20-9-11-7-5-4-6-8-11/h4-8,12-14,17H,9-10H2,1-3H3/t12-,13+,14-/m0/s1. The van der Waals surface area contributed by atoms with Crippen LogP contribution in [0.1, 0.15) is 19.4 Å². The van der Waals surface area contributed by atoms with Gasteiger partial charge < -0.3 is 24.1 Å². The van der Waals surface area contributed by atoms with E-state index in [4.69, 9.17) is 14.2 Å². The topological polar surface area (TPSA) is 74.2 Å². The molecule has 1 N–H and O–H groups in total. The van der Waals surface area contributed by atoms with Crippen molar-refractivity contribution >= 4 is 5.97 Å². The molecular formula is C16H22O6. The molecule has 6 heteroatoms. The fourth-order valence-electron chi connectivity index (χ4n) is 2.38. The number of esters is 1. The van der Waals surface area contributed by atoms with Gasteiger partial charge in [0.25, 0.3) is 0 Å². The van der Waals surface area contributed by atoms with Crippen molar-refractivity contribution in [2.45, 2.75) is 44.6 Å². The van der Waals surface area contributed by atoms with E-state index in [0.717, 1.165) is 5.56 Å². The third-order valence-corrected chi connectivity index (χ3v) is 3.37. The zero-order chi connectivity index (χ0) is 16.2. The van der Waals surface area contributed by atoms with Crippen LogP contribution in [0.15, 0.2) is 30.3 Å². The van der Waals surface area contributed by atoms with Crippen molar-refractivity contribution < 1.29 is 28.8 Å². The SMILES string of the molecule is COC(=O)[C@H](O)[C@H]1OC(C)(C)O[C@H]1COCc1ccccc1. The highest BCUT2D eigenvalue weighted by Crippen LogP contribution is 2.30. The van der Waals surface area contributed by atoms with Gasteiger partial charge in [0.2, 0.25) is 0 Å². The number of hydrogen-bond acceptors (Lipinski definition) is 6. The molecule has 0 aromatic heterocycles. The Labute approximate surface area is 129 Å². The maximum Gasteiger partial charge on any atom is 0.337 e. The van der Waals surface area contributed by atoms with E-state index in [1.807, 2.05) is 30.3 Å². The van der Waals surface area contributed by atoms with Gasteiger partial charge in [-0.2, -0.15) is 0 Å². The van der Waals surface area contributed by atoms with Crippen LogP contribution in [0.25, 0.3) is 0 Å². The first-order valence-electron chi connectivity index (χ1n) is 7.16. The summed E-state index contributed by atoms with van der Waals surface area (Å²) in [4.78, 5) is 11.5. The molecule has 1 aromatic carbocycles. The molecule has 0 aliphatic carbocycles. The number of methoxy groups -OCH3 is 1. The molecule has 1 aliphatic heterocycles. The van der Waals surface area contributed by atoms with Crippen molar-refractivity contribution in [2.24, 2.45) is 0 Å². The van der Waals surface area contributed by atoms with Gasteiger partial charge in [-0.1, -0.05) is 30.3 Å². The third kappa shape index (κ3) is 4.27. The van der Waals surface area contributed by atoms with Crippen LogP contribution in [-0.4, -0.2) is 48.9 Å². The largest absolute Gasteiger partial charge is 0.467 e. The lowest BCUT2D eigenvalue weighted by Crippen LogP contribution is -2.43. The highest BCUT2D eigenvalue weighted by Gasteiger charge is 2.47. The summed E-state index contributed by atoms with van der Waals surface area (Å²) in [5.74, 6) is -1.64. The van der Waals surface area contributed by atoms with Gasteiger partial charge >= 0.3 is 5.97 Å². The lowest BCUT2D eigenvalue weighted by atomic mass is 10.1. The summed E-state index contributed by atoms with van der Waals surface area (Å²) in [5, 5.41) is 10.0. The van der Waals surface area contributed by atoms with Gasteiger partial charge in [0, 0.05) is 0 Å². The van der Waals surface area contributed by atoms with Gasteiger partial charge in [-0.15, -0.1) is 0 Å². The number of carbonyl (C=O) groups excluding carboxylic acids is 1. The Hall–Kier alpha value is -1.47. The summed E-state index contributed by atoms with van der Waals surface area (Å²) in [6.07, 6.45) is -2.77. The molecule has 2 rings (SSSR count). The fraction of sp³-hybridized carbons (Fsp3) is 0.562. The first kappa shape index (κ1) is 16.9. The minimum absolute atomic E-state index is 0.205. The number of carbonyl (C=O) groups is 1. The second-order valence-electron chi connectivity index (χ2n) is 5.61. The van der Waals surface area contributed by atoms with E-state index < -0.39 is 30.1 Å². The molecule has 1 aliphatic rings. The molecule has 0 spiro atoms. The van der Waals surface area contributed by atoms with Crippen molar-refractivity contribution in [3.05, 3.63) is 35.9 Å². The monoisotopic (exact) mass is 310 g/mol. The normalized spacial score (nSPS) is 24.9. The molecule has 1 fully saturated rings.